The standard InChI is InChI=1S/C45H44O20/c1-25-13-9-17-33(29(25)5)37(46)58-62-41(50)54-21-45(22-55-42(51)63-59-38(47)34-18-10-14-26(2)30(34)6,23-56-43(52)64-60-39(48)35-19-11-15-27(3)31(35)7)24-57-44(53)65-61-40(49)36-20-12-16-28(4)32(36)8/h9-20H,21-24H2,1-8H3. The average Bonchev–Trinajstić information content (AvgIpc) is 3.28. The highest BCUT2D eigenvalue weighted by Crippen LogP contribution is 2.24. The number of carbonyl (C=O) groups excluding carboxylic acids is 8. The fourth-order valence-corrected chi connectivity index (χ4v) is 5.55. The van der Waals surface area contributed by atoms with Crippen LogP contribution in [0.2, 0.25) is 0 Å². The molecule has 0 unspecified atom stereocenters. The van der Waals surface area contributed by atoms with E-state index in [0.29, 0.717) is 22.3 Å². The summed E-state index contributed by atoms with van der Waals surface area (Å²) >= 11 is 0. The lowest BCUT2D eigenvalue weighted by Crippen LogP contribution is -2.44. The molecule has 0 atom stereocenters. The van der Waals surface area contributed by atoms with Crippen LogP contribution in [0.3, 0.4) is 0 Å². The number of carbonyl (C=O) groups is 8. The zero-order valence-corrected chi connectivity index (χ0v) is 36.4. The maximum Gasteiger partial charge on any atom is 0.549 e. The summed E-state index contributed by atoms with van der Waals surface area (Å²) in [5.41, 5.74) is 2.93. The van der Waals surface area contributed by atoms with Crippen molar-refractivity contribution in [3.63, 3.8) is 0 Å². The number of hydrogen-bond acceptors (Lipinski definition) is 20. The van der Waals surface area contributed by atoms with Crippen molar-refractivity contribution < 1.29 is 96.4 Å². The van der Waals surface area contributed by atoms with Gasteiger partial charge < -0.3 is 18.9 Å². The minimum atomic E-state index is -2.24. The van der Waals surface area contributed by atoms with Gasteiger partial charge in [-0.05, 0) is 124 Å². The minimum absolute atomic E-state index is 0.0488. The molecule has 344 valence electrons. The van der Waals surface area contributed by atoms with Gasteiger partial charge in [0.2, 0.25) is 0 Å². The van der Waals surface area contributed by atoms with Gasteiger partial charge >= 0.3 is 48.5 Å². The third-order valence-corrected chi connectivity index (χ3v) is 10.0. The van der Waals surface area contributed by atoms with E-state index in [1.807, 2.05) is 0 Å². The number of aryl methyl sites for hydroxylation is 4. The predicted molar refractivity (Wildman–Crippen MR) is 217 cm³/mol. The van der Waals surface area contributed by atoms with Crippen molar-refractivity contribution in [3.8, 4) is 0 Å². The number of hydrogen-bond donors (Lipinski definition) is 0. The second kappa shape index (κ2) is 22.8. The summed E-state index contributed by atoms with van der Waals surface area (Å²) in [4.78, 5) is 139. The third-order valence-electron chi connectivity index (χ3n) is 10.0. The van der Waals surface area contributed by atoms with Gasteiger partial charge in [-0.25, -0.2) is 58.3 Å². The molecule has 20 heteroatoms. The fourth-order valence-electron chi connectivity index (χ4n) is 5.55. The first-order valence-electron chi connectivity index (χ1n) is 19.3. The van der Waals surface area contributed by atoms with E-state index in [9.17, 15) is 38.4 Å². The van der Waals surface area contributed by atoms with E-state index in [-0.39, 0.29) is 22.3 Å². The first-order chi connectivity index (χ1) is 30.8. The summed E-state index contributed by atoms with van der Waals surface area (Å²) in [6.45, 7) is 9.06. The van der Waals surface area contributed by atoms with E-state index < -0.39 is 80.3 Å². The smallest absolute Gasteiger partial charge is 0.431 e. The van der Waals surface area contributed by atoms with Crippen LogP contribution in [0.1, 0.15) is 85.9 Å². The second-order valence-corrected chi connectivity index (χ2v) is 14.5. The third kappa shape index (κ3) is 13.9. The Morgan fingerprint density at radius 3 is 0.723 bits per heavy atom. The van der Waals surface area contributed by atoms with Crippen molar-refractivity contribution in [3.05, 3.63) is 140 Å². The zero-order chi connectivity index (χ0) is 47.8. The van der Waals surface area contributed by atoms with Gasteiger partial charge in [0.1, 0.15) is 31.8 Å². The number of rotatable bonds is 12. The Labute approximate surface area is 371 Å². The average molecular weight is 905 g/mol. The van der Waals surface area contributed by atoms with Gasteiger partial charge in [-0.1, -0.05) is 48.5 Å². The van der Waals surface area contributed by atoms with Crippen LogP contribution in [-0.4, -0.2) is 74.9 Å². The lowest BCUT2D eigenvalue weighted by atomic mass is 9.92. The molecule has 4 rings (SSSR count). The van der Waals surface area contributed by atoms with Gasteiger partial charge in [0.05, 0.1) is 22.3 Å². The topological polar surface area (TPSA) is 247 Å². The highest BCUT2D eigenvalue weighted by Gasteiger charge is 2.40. The summed E-state index contributed by atoms with van der Waals surface area (Å²) in [5.74, 6) is -4.34. The Morgan fingerprint density at radius 1 is 0.323 bits per heavy atom. The first-order valence-corrected chi connectivity index (χ1v) is 19.3. The van der Waals surface area contributed by atoms with E-state index in [2.05, 4.69) is 39.1 Å². The SMILES string of the molecule is Cc1cccc(C(=O)OOC(=O)OCC(COC(=O)OOC(=O)c2cccc(C)c2C)(COC(=O)OOC(=O)c2cccc(C)c2C)COC(=O)OOC(=O)c2cccc(C)c2C)c1C. The van der Waals surface area contributed by atoms with Gasteiger partial charge in [-0.3, -0.25) is 0 Å². The largest absolute Gasteiger partial charge is 0.549 e. The molecule has 4 aromatic carbocycles. The van der Waals surface area contributed by atoms with Crippen molar-refractivity contribution in [2.45, 2.75) is 55.4 Å². The van der Waals surface area contributed by atoms with E-state index in [1.165, 1.54) is 24.3 Å². The normalized spacial score (nSPS) is 10.6. The van der Waals surface area contributed by atoms with Gasteiger partial charge in [0, 0.05) is 0 Å². The molecule has 4 aromatic rings. The quantitative estimate of drug-likeness (QED) is 0.0563. The van der Waals surface area contributed by atoms with Crippen LogP contribution >= 0.6 is 0 Å². The molecule has 0 aliphatic rings. The Balaban J connectivity index is 1.54. The van der Waals surface area contributed by atoms with Gasteiger partial charge in [-0.2, -0.15) is 19.2 Å². The molecule has 0 bridgehead atoms. The summed E-state index contributed by atoms with van der Waals surface area (Å²) in [6, 6.07) is 18.8. The van der Waals surface area contributed by atoms with Crippen molar-refractivity contribution in [1.29, 1.82) is 0 Å². The molecule has 0 radical (unpaired) electrons. The van der Waals surface area contributed by atoms with Crippen molar-refractivity contribution >= 4 is 48.5 Å². The molecule has 0 N–H and O–H groups in total. The molecule has 0 saturated carbocycles. The van der Waals surface area contributed by atoms with E-state index in [1.54, 1.807) is 104 Å². The summed E-state index contributed by atoms with van der Waals surface area (Å²) < 4.78 is 20.4. The molecular formula is C45H44O20. The molecule has 65 heavy (non-hydrogen) atoms. The van der Waals surface area contributed by atoms with Gasteiger partial charge in [-0.15, -0.1) is 0 Å². The van der Waals surface area contributed by atoms with Crippen LogP contribution in [0.25, 0.3) is 0 Å². The highest BCUT2D eigenvalue weighted by molar-refractivity contribution is 5.93. The molecule has 0 spiro atoms. The van der Waals surface area contributed by atoms with Crippen molar-refractivity contribution in [2.24, 2.45) is 5.41 Å². The molecule has 0 saturated heterocycles. The summed E-state index contributed by atoms with van der Waals surface area (Å²) in [7, 11) is 0. The zero-order valence-electron chi connectivity index (χ0n) is 36.4. The van der Waals surface area contributed by atoms with Crippen LogP contribution in [0.4, 0.5) is 19.2 Å². The summed E-state index contributed by atoms with van der Waals surface area (Å²) in [5, 5.41) is 0. The summed E-state index contributed by atoms with van der Waals surface area (Å²) in [6.07, 6.45) is -6.75. The van der Waals surface area contributed by atoms with Crippen molar-refractivity contribution in [2.75, 3.05) is 26.4 Å². The van der Waals surface area contributed by atoms with Crippen LogP contribution in [0.5, 0.6) is 0 Å². The molecule has 0 amide bonds. The van der Waals surface area contributed by atoms with Crippen LogP contribution in [0, 0.1) is 60.8 Å². The lowest BCUT2D eigenvalue weighted by molar-refractivity contribution is -0.223. The molecule has 0 aromatic heterocycles. The van der Waals surface area contributed by atoms with E-state index in [4.69, 9.17) is 18.9 Å². The van der Waals surface area contributed by atoms with E-state index >= 15 is 0 Å². The molecule has 20 nitrogen and oxygen atoms in total. The molecule has 0 aliphatic heterocycles. The molecule has 0 aliphatic carbocycles. The van der Waals surface area contributed by atoms with Gasteiger partial charge in [0.25, 0.3) is 0 Å². The first kappa shape index (κ1) is 49.5. The molecular weight excluding hydrogens is 860 g/mol. The lowest BCUT2D eigenvalue weighted by Gasteiger charge is -2.30. The fraction of sp³-hybridized carbons (Fsp3) is 0.289. The van der Waals surface area contributed by atoms with Crippen LogP contribution in [0.15, 0.2) is 72.8 Å². The monoisotopic (exact) mass is 904 g/mol. The second-order valence-electron chi connectivity index (χ2n) is 14.5. The van der Waals surface area contributed by atoms with E-state index in [0.717, 1.165) is 22.3 Å². The minimum Gasteiger partial charge on any atom is -0.431 e. The Morgan fingerprint density at radius 2 is 0.523 bits per heavy atom. The Bertz CT molecular complexity index is 2110. The molecule has 0 fully saturated rings. The Hall–Kier alpha value is -8.16. The van der Waals surface area contributed by atoms with Crippen LogP contribution in [-0.2, 0) is 58.0 Å². The highest BCUT2D eigenvalue weighted by atomic mass is 17.3. The Kier molecular flexibility index (Phi) is 17.4. The maximum absolute atomic E-state index is 12.8. The number of benzene rings is 4. The predicted octanol–water partition coefficient (Wildman–Crippen LogP) is 8.14. The van der Waals surface area contributed by atoms with Crippen LogP contribution < -0.4 is 0 Å². The van der Waals surface area contributed by atoms with Gasteiger partial charge in [0.15, 0.2) is 0 Å². The maximum atomic E-state index is 12.8. The van der Waals surface area contributed by atoms with Crippen molar-refractivity contribution in [1.82, 2.24) is 0 Å². The number of ether oxygens (including phenoxy) is 4. The molecule has 0 heterocycles.